The molecule has 1 aliphatic heterocycles. The number of fused-ring (bicyclic) bond motifs is 6. The van der Waals surface area contributed by atoms with E-state index in [1.54, 1.807) is 0 Å². The van der Waals surface area contributed by atoms with Gasteiger partial charge < -0.3 is 14.6 Å². The van der Waals surface area contributed by atoms with Gasteiger partial charge in [0, 0.05) is 24.7 Å². The van der Waals surface area contributed by atoms with Gasteiger partial charge in [0.25, 0.3) is 0 Å². The third kappa shape index (κ3) is 2.43. The van der Waals surface area contributed by atoms with Crippen LogP contribution >= 0.6 is 0 Å². The van der Waals surface area contributed by atoms with E-state index in [0.717, 1.165) is 18.4 Å². The lowest BCUT2D eigenvalue weighted by atomic mass is 9.44. The van der Waals surface area contributed by atoms with Crippen LogP contribution in [0.1, 0.15) is 65.2 Å². The Morgan fingerprint density at radius 2 is 1.97 bits per heavy atom. The molecular weight excluding hydrogens is 384 g/mol. The first-order chi connectivity index (χ1) is 14.1. The van der Waals surface area contributed by atoms with Gasteiger partial charge in [0.2, 0.25) is 0 Å². The third-order valence-corrected chi connectivity index (χ3v) is 9.74. The summed E-state index contributed by atoms with van der Waals surface area (Å²) in [4.78, 5) is 37.2. The minimum absolute atomic E-state index is 0.0770. The van der Waals surface area contributed by atoms with Crippen molar-refractivity contribution >= 4 is 17.7 Å². The van der Waals surface area contributed by atoms with E-state index < -0.39 is 17.6 Å². The molecule has 1 N–H and O–H groups in total. The van der Waals surface area contributed by atoms with E-state index in [4.69, 9.17) is 9.47 Å². The highest BCUT2D eigenvalue weighted by Crippen LogP contribution is 2.70. The molecule has 8 atom stereocenters. The first-order valence-corrected chi connectivity index (χ1v) is 11.4. The number of methoxy groups -OCH3 is 1. The Balaban J connectivity index is 1.63. The summed E-state index contributed by atoms with van der Waals surface area (Å²) in [7, 11) is 1.41. The van der Waals surface area contributed by atoms with Gasteiger partial charge in [-0.05, 0) is 55.3 Å². The summed E-state index contributed by atoms with van der Waals surface area (Å²) >= 11 is 0. The Bertz CT molecular complexity index is 847. The molecule has 0 aromatic heterocycles. The van der Waals surface area contributed by atoms with Crippen LogP contribution in [-0.2, 0) is 23.9 Å². The number of hydrogen-bond acceptors (Lipinski definition) is 6. The zero-order valence-corrected chi connectivity index (χ0v) is 18.1. The molecule has 4 aliphatic carbocycles. The smallest absolute Gasteiger partial charge is 0.312 e. The summed E-state index contributed by atoms with van der Waals surface area (Å²) in [5.74, 6) is -0.728. The molecule has 0 amide bonds. The Morgan fingerprint density at radius 1 is 1.20 bits per heavy atom. The van der Waals surface area contributed by atoms with Crippen molar-refractivity contribution in [1.82, 2.24) is 0 Å². The molecule has 30 heavy (non-hydrogen) atoms. The number of aliphatic hydroxyl groups excluding tert-OH is 1. The van der Waals surface area contributed by atoms with Crippen LogP contribution in [0.5, 0.6) is 0 Å². The number of Topliss-reactive ketones (excluding diaryl/α,β-unsaturated/α-hetero) is 1. The summed E-state index contributed by atoms with van der Waals surface area (Å²) < 4.78 is 11.1. The molecular formula is C24H32O6. The van der Waals surface area contributed by atoms with E-state index in [2.05, 4.69) is 13.8 Å². The SMILES string of the molecule is COC(=O)C1C=C2CC(=O)CC[C@]2(C)C2[C@@H]1C1CC[C@@]3(CCC(=O)O3)[C@@]1(C)C[C@@H]2O. The number of ketones is 1. The molecule has 164 valence electrons. The van der Waals surface area contributed by atoms with E-state index in [9.17, 15) is 19.5 Å². The maximum absolute atomic E-state index is 12.9. The average Bonchev–Trinajstić information content (AvgIpc) is 3.21. The number of rotatable bonds is 1. The second-order valence-corrected chi connectivity index (χ2v) is 10.8. The Morgan fingerprint density at radius 3 is 2.63 bits per heavy atom. The number of carbonyl (C=O) groups is 3. The largest absolute Gasteiger partial charge is 0.469 e. The molecule has 6 heteroatoms. The number of carbonyl (C=O) groups excluding carboxylic acids is 3. The zero-order valence-electron chi connectivity index (χ0n) is 18.1. The first kappa shape index (κ1) is 20.2. The van der Waals surface area contributed by atoms with E-state index in [-0.39, 0.29) is 46.3 Å². The van der Waals surface area contributed by atoms with Gasteiger partial charge in [-0.15, -0.1) is 0 Å². The molecule has 3 unspecified atom stereocenters. The standard InChI is InChI=1S/C24H32O6/c1-22-7-4-14(25)10-13(22)11-15(21(28)29-3)19-16-5-8-24(9-6-18(27)30-24)23(16,2)12-17(26)20(19)22/h11,15-17,19-20,26H,4-10,12H2,1-3H3/t15?,16?,17-,19-,20?,22-,23-,24+/m0/s1. The molecule has 4 fully saturated rings. The predicted molar refractivity (Wildman–Crippen MR) is 107 cm³/mol. The zero-order chi connectivity index (χ0) is 21.5. The highest BCUT2D eigenvalue weighted by Gasteiger charge is 2.70. The van der Waals surface area contributed by atoms with Gasteiger partial charge in [0.1, 0.15) is 11.4 Å². The maximum Gasteiger partial charge on any atom is 0.312 e. The molecule has 0 bridgehead atoms. The van der Waals surface area contributed by atoms with Crippen molar-refractivity contribution in [3.05, 3.63) is 11.6 Å². The highest BCUT2D eigenvalue weighted by atomic mass is 16.6. The van der Waals surface area contributed by atoms with Crippen molar-refractivity contribution < 1.29 is 29.0 Å². The molecule has 0 radical (unpaired) electrons. The molecule has 1 heterocycles. The number of esters is 2. The Labute approximate surface area is 177 Å². The topological polar surface area (TPSA) is 89.9 Å². The van der Waals surface area contributed by atoms with Crippen LogP contribution in [0.2, 0.25) is 0 Å². The lowest BCUT2D eigenvalue weighted by molar-refractivity contribution is -0.192. The van der Waals surface area contributed by atoms with Crippen molar-refractivity contribution in [3.63, 3.8) is 0 Å². The Kier molecular flexibility index (Phi) is 4.32. The van der Waals surface area contributed by atoms with E-state index in [1.807, 2.05) is 6.08 Å². The molecule has 1 spiro atoms. The fourth-order valence-corrected chi connectivity index (χ4v) is 8.26. The monoisotopic (exact) mass is 416 g/mol. The summed E-state index contributed by atoms with van der Waals surface area (Å²) in [5.41, 5.74) is -0.183. The second kappa shape index (κ2) is 6.41. The fraction of sp³-hybridized carbons (Fsp3) is 0.792. The van der Waals surface area contributed by atoms with Crippen molar-refractivity contribution in [2.75, 3.05) is 7.11 Å². The van der Waals surface area contributed by atoms with Gasteiger partial charge >= 0.3 is 11.9 Å². The summed E-state index contributed by atoms with van der Waals surface area (Å²) in [6.07, 6.45) is 6.34. The van der Waals surface area contributed by atoms with Crippen molar-refractivity contribution in [2.24, 2.45) is 34.5 Å². The summed E-state index contributed by atoms with van der Waals surface area (Å²) in [6, 6.07) is 0. The van der Waals surface area contributed by atoms with Crippen LogP contribution in [0.4, 0.5) is 0 Å². The molecule has 1 saturated heterocycles. The first-order valence-electron chi connectivity index (χ1n) is 11.4. The highest BCUT2D eigenvalue weighted by molar-refractivity contribution is 5.84. The van der Waals surface area contributed by atoms with Gasteiger partial charge in [0.15, 0.2) is 0 Å². The van der Waals surface area contributed by atoms with Gasteiger partial charge in [-0.25, -0.2) is 0 Å². The van der Waals surface area contributed by atoms with Crippen LogP contribution in [0.15, 0.2) is 11.6 Å². The van der Waals surface area contributed by atoms with Crippen molar-refractivity contribution in [1.29, 1.82) is 0 Å². The van der Waals surface area contributed by atoms with Crippen molar-refractivity contribution in [2.45, 2.75) is 76.9 Å². The number of allylic oxidation sites excluding steroid dienone is 1. The normalized spacial score (nSPS) is 49.7. The minimum Gasteiger partial charge on any atom is -0.469 e. The molecule has 5 aliphatic rings. The molecule has 5 rings (SSSR count). The Hall–Kier alpha value is -1.69. The lowest BCUT2D eigenvalue weighted by Crippen LogP contribution is -2.62. The minimum atomic E-state index is -0.611. The lowest BCUT2D eigenvalue weighted by Gasteiger charge is -2.61. The van der Waals surface area contributed by atoms with Gasteiger partial charge in [-0.3, -0.25) is 14.4 Å². The average molecular weight is 417 g/mol. The third-order valence-electron chi connectivity index (χ3n) is 9.74. The summed E-state index contributed by atoms with van der Waals surface area (Å²) in [6.45, 7) is 4.33. The van der Waals surface area contributed by atoms with E-state index in [1.165, 1.54) is 7.11 Å². The fourth-order valence-electron chi connectivity index (χ4n) is 8.26. The quantitative estimate of drug-likeness (QED) is 0.522. The van der Waals surface area contributed by atoms with Crippen LogP contribution in [0, 0.1) is 34.5 Å². The van der Waals surface area contributed by atoms with Gasteiger partial charge in [-0.2, -0.15) is 0 Å². The van der Waals surface area contributed by atoms with Crippen LogP contribution < -0.4 is 0 Å². The number of hydrogen-bond donors (Lipinski definition) is 1. The van der Waals surface area contributed by atoms with E-state index in [0.29, 0.717) is 38.5 Å². The van der Waals surface area contributed by atoms with E-state index >= 15 is 0 Å². The van der Waals surface area contributed by atoms with Crippen LogP contribution in [0.25, 0.3) is 0 Å². The number of ether oxygens (including phenoxy) is 2. The van der Waals surface area contributed by atoms with Gasteiger partial charge in [0.05, 0.1) is 19.1 Å². The molecule has 0 aromatic rings. The summed E-state index contributed by atoms with van der Waals surface area (Å²) in [5, 5.41) is 11.6. The van der Waals surface area contributed by atoms with Gasteiger partial charge in [-0.1, -0.05) is 25.5 Å². The maximum atomic E-state index is 12.9. The predicted octanol–water partition coefficient (Wildman–Crippen LogP) is 2.96. The van der Waals surface area contributed by atoms with Crippen LogP contribution in [0.3, 0.4) is 0 Å². The number of aliphatic hydroxyl groups is 1. The molecule has 0 aromatic carbocycles. The second-order valence-electron chi connectivity index (χ2n) is 10.8. The molecule has 6 nitrogen and oxygen atoms in total. The van der Waals surface area contributed by atoms with Crippen molar-refractivity contribution in [3.8, 4) is 0 Å². The molecule has 3 saturated carbocycles. The van der Waals surface area contributed by atoms with Crippen LogP contribution in [-0.4, -0.2) is 41.6 Å².